The molecule has 0 amide bonds. The summed E-state index contributed by atoms with van der Waals surface area (Å²) in [6, 6.07) is 8.39. The summed E-state index contributed by atoms with van der Waals surface area (Å²) in [7, 11) is 0. The quantitative estimate of drug-likeness (QED) is 0.344. The molecule has 0 unspecified atom stereocenters. The zero-order chi connectivity index (χ0) is 26.1. The molecule has 2 saturated heterocycles. The Morgan fingerprint density at radius 2 is 1.78 bits per heavy atom. The van der Waals surface area contributed by atoms with Crippen molar-refractivity contribution in [3.8, 4) is 0 Å². The summed E-state index contributed by atoms with van der Waals surface area (Å²) in [6.07, 6.45) is -4.30. The maximum atomic E-state index is 13.7. The molecular formula is C27H32O9. The predicted molar refractivity (Wildman–Crippen MR) is 123 cm³/mol. The number of hydrogen-bond donors (Lipinski definition) is 4. The first kappa shape index (κ1) is 24.1. The Hall–Kier alpha value is -2.30. The molecule has 2 heterocycles. The van der Waals surface area contributed by atoms with Gasteiger partial charge in [0.1, 0.15) is 17.3 Å². The van der Waals surface area contributed by atoms with E-state index in [9.17, 15) is 30.0 Å². The van der Waals surface area contributed by atoms with E-state index in [0.717, 1.165) is 0 Å². The van der Waals surface area contributed by atoms with E-state index in [0.29, 0.717) is 5.57 Å². The monoisotopic (exact) mass is 500 g/mol. The van der Waals surface area contributed by atoms with Crippen molar-refractivity contribution in [3.05, 3.63) is 47.0 Å². The lowest BCUT2D eigenvalue weighted by Gasteiger charge is -2.73. The van der Waals surface area contributed by atoms with Crippen molar-refractivity contribution in [3.63, 3.8) is 0 Å². The highest BCUT2D eigenvalue weighted by Crippen LogP contribution is 2.74. The molecule has 2 bridgehead atoms. The van der Waals surface area contributed by atoms with Crippen LogP contribution in [0.4, 0.5) is 0 Å². The van der Waals surface area contributed by atoms with E-state index in [1.807, 2.05) is 0 Å². The lowest BCUT2D eigenvalue weighted by molar-refractivity contribution is -0.380. The van der Waals surface area contributed by atoms with Crippen molar-refractivity contribution in [2.75, 3.05) is 6.61 Å². The van der Waals surface area contributed by atoms with Crippen molar-refractivity contribution in [1.82, 2.24) is 0 Å². The molecule has 9 atom stereocenters. The van der Waals surface area contributed by atoms with Gasteiger partial charge in [0, 0.05) is 17.8 Å². The van der Waals surface area contributed by atoms with Gasteiger partial charge in [-0.3, -0.25) is 0 Å². The zero-order valence-corrected chi connectivity index (χ0v) is 20.7. The summed E-state index contributed by atoms with van der Waals surface area (Å²) in [5, 5.41) is 47.0. The van der Waals surface area contributed by atoms with Crippen LogP contribution in [0.15, 0.2) is 41.5 Å². The lowest BCUT2D eigenvalue weighted by Crippen LogP contribution is -2.87. The van der Waals surface area contributed by atoms with Crippen LogP contribution in [0.5, 0.6) is 0 Å². The molecule has 4 fully saturated rings. The maximum absolute atomic E-state index is 13.7. The van der Waals surface area contributed by atoms with Crippen LogP contribution in [0, 0.1) is 16.7 Å². The van der Waals surface area contributed by atoms with Gasteiger partial charge in [0.25, 0.3) is 0 Å². The minimum atomic E-state index is -2.36. The largest absolute Gasteiger partial charge is 0.457 e. The number of fused-ring (bicyclic) bond motifs is 4. The smallest absolute Gasteiger partial charge is 0.343 e. The number of aliphatic hydroxyl groups excluding tert-OH is 2. The number of carbonyl (C=O) groups excluding carboxylic acids is 2. The molecule has 0 spiro atoms. The van der Waals surface area contributed by atoms with Gasteiger partial charge >= 0.3 is 11.9 Å². The van der Waals surface area contributed by atoms with Crippen LogP contribution in [0.2, 0.25) is 0 Å². The molecule has 2 aliphatic heterocycles. The molecule has 1 aromatic carbocycles. The highest BCUT2D eigenvalue weighted by molar-refractivity contribution is 5.91. The zero-order valence-electron chi connectivity index (χ0n) is 20.7. The molecule has 36 heavy (non-hydrogen) atoms. The average molecular weight is 501 g/mol. The molecule has 1 aromatic rings. The Morgan fingerprint density at radius 3 is 2.39 bits per heavy atom. The molecule has 9 heteroatoms. The van der Waals surface area contributed by atoms with Crippen molar-refractivity contribution >= 4 is 11.9 Å². The first-order chi connectivity index (χ1) is 16.8. The van der Waals surface area contributed by atoms with E-state index in [-0.39, 0.29) is 30.6 Å². The molecular weight excluding hydrogens is 468 g/mol. The van der Waals surface area contributed by atoms with Crippen molar-refractivity contribution in [2.45, 2.75) is 81.8 Å². The Labute approximate surface area is 208 Å². The van der Waals surface area contributed by atoms with Gasteiger partial charge in [-0.2, -0.15) is 0 Å². The van der Waals surface area contributed by atoms with Gasteiger partial charge in [-0.15, -0.1) is 0 Å². The normalized spacial score (nSPS) is 48.2. The van der Waals surface area contributed by atoms with E-state index < -0.39 is 69.9 Å². The van der Waals surface area contributed by atoms with Gasteiger partial charge in [-0.1, -0.05) is 25.1 Å². The van der Waals surface area contributed by atoms with Gasteiger partial charge in [-0.05, 0) is 50.5 Å². The molecule has 6 rings (SSSR count). The van der Waals surface area contributed by atoms with Crippen molar-refractivity contribution < 1.29 is 44.2 Å². The van der Waals surface area contributed by atoms with Crippen LogP contribution in [0.25, 0.3) is 0 Å². The topological polar surface area (TPSA) is 143 Å². The number of esters is 2. The third kappa shape index (κ3) is 2.39. The second-order valence-electron chi connectivity index (χ2n) is 11.9. The van der Waals surface area contributed by atoms with Gasteiger partial charge in [-0.25, -0.2) is 9.59 Å². The number of ether oxygens (including phenoxy) is 3. The Kier molecular flexibility index (Phi) is 4.65. The van der Waals surface area contributed by atoms with Crippen molar-refractivity contribution in [1.29, 1.82) is 0 Å². The fraction of sp³-hybridized carbons (Fsp3) is 0.630. The standard InChI is InChI=1S/C27H32O9/c1-13-15(28)11-25-18(13)27(33,22(31)36-23(25,2)3)24(4)16(29)10-17-26(32,12-34-17)19(24)20(25)35-21(30)14-8-6-5-7-9-14/h5-9,15-17,19-20,28-29,32-33H,10-12H2,1-4H3/t15-,16-,17+,19-,20-,24+,25-,26-,27-/m0/s1. The molecule has 4 N–H and O–H groups in total. The average Bonchev–Trinajstić information content (AvgIpc) is 3.11. The SMILES string of the molecule is CC1=C2[C@]3(O)C(=O)OC(C)(C)[C@]2(C[C@@H]1O)[C@@H](OC(=O)c1ccccc1)[C@@H]1[C@]2(O)CO[C@@H]2C[C@H](O)[C@]13C. The minimum absolute atomic E-state index is 0.00771. The molecule has 5 aliphatic rings. The first-order valence-corrected chi connectivity index (χ1v) is 12.4. The third-order valence-corrected chi connectivity index (χ3v) is 10.1. The van der Waals surface area contributed by atoms with Crippen LogP contribution in [0.3, 0.4) is 0 Å². The molecule has 0 radical (unpaired) electrons. The van der Waals surface area contributed by atoms with E-state index in [1.54, 1.807) is 51.1 Å². The van der Waals surface area contributed by atoms with Crippen LogP contribution >= 0.6 is 0 Å². The van der Waals surface area contributed by atoms with Gasteiger partial charge in [0.15, 0.2) is 5.60 Å². The molecule has 9 nitrogen and oxygen atoms in total. The van der Waals surface area contributed by atoms with Crippen molar-refractivity contribution in [2.24, 2.45) is 16.7 Å². The summed E-state index contributed by atoms with van der Waals surface area (Å²) >= 11 is 0. The summed E-state index contributed by atoms with van der Waals surface area (Å²) in [5.74, 6) is -2.71. The summed E-state index contributed by atoms with van der Waals surface area (Å²) in [6.45, 7) is 6.40. The van der Waals surface area contributed by atoms with E-state index in [2.05, 4.69) is 0 Å². The fourth-order valence-electron chi connectivity index (χ4n) is 8.18. The summed E-state index contributed by atoms with van der Waals surface area (Å²) in [4.78, 5) is 27.2. The second-order valence-corrected chi connectivity index (χ2v) is 11.9. The van der Waals surface area contributed by atoms with Crippen LogP contribution < -0.4 is 0 Å². The first-order valence-electron chi connectivity index (χ1n) is 12.4. The molecule has 2 saturated carbocycles. The van der Waals surface area contributed by atoms with E-state index >= 15 is 0 Å². The number of benzene rings is 1. The predicted octanol–water partition coefficient (Wildman–Crippen LogP) is 0.877. The highest BCUT2D eigenvalue weighted by Gasteiger charge is 2.87. The highest BCUT2D eigenvalue weighted by atomic mass is 16.6. The van der Waals surface area contributed by atoms with Gasteiger partial charge in [0.2, 0.25) is 0 Å². The number of carbonyl (C=O) groups is 2. The Morgan fingerprint density at radius 1 is 1.11 bits per heavy atom. The lowest BCUT2D eigenvalue weighted by atomic mass is 9.37. The Balaban J connectivity index is 1.65. The van der Waals surface area contributed by atoms with Gasteiger partial charge in [0.05, 0.1) is 35.9 Å². The number of cyclic esters (lactones) is 1. The number of rotatable bonds is 2. The second kappa shape index (κ2) is 6.96. The third-order valence-electron chi connectivity index (χ3n) is 10.1. The van der Waals surface area contributed by atoms with E-state index in [4.69, 9.17) is 14.2 Å². The number of aliphatic hydroxyl groups is 4. The van der Waals surface area contributed by atoms with Crippen LogP contribution in [0.1, 0.15) is 50.9 Å². The van der Waals surface area contributed by atoms with E-state index in [1.165, 1.54) is 6.92 Å². The van der Waals surface area contributed by atoms with Gasteiger partial charge < -0.3 is 34.6 Å². The van der Waals surface area contributed by atoms with Crippen LogP contribution in [-0.4, -0.2) is 80.2 Å². The fourth-order valence-corrected chi connectivity index (χ4v) is 8.18. The minimum Gasteiger partial charge on any atom is -0.457 e. The Bertz CT molecular complexity index is 1190. The molecule has 194 valence electrons. The maximum Gasteiger partial charge on any atom is 0.343 e. The summed E-state index contributed by atoms with van der Waals surface area (Å²) in [5.41, 5.74) is -7.46. The number of hydrogen-bond acceptors (Lipinski definition) is 9. The van der Waals surface area contributed by atoms with Crippen LogP contribution in [-0.2, 0) is 19.0 Å². The summed E-state index contributed by atoms with van der Waals surface area (Å²) < 4.78 is 17.8. The molecule has 3 aliphatic carbocycles. The molecule has 0 aromatic heterocycles.